The monoisotopic (exact) mass is 449 g/mol. The van der Waals surface area contributed by atoms with E-state index in [1.165, 1.54) is 48.9 Å². The molecule has 1 saturated heterocycles. The van der Waals surface area contributed by atoms with Crippen LogP contribution < -0.4 is 9.47 Å². The standard InChI is InChI=1S/C22H24ClNO5S/c1-28-21-15-16(14-19(23)22(21)29-2)6-11-20(25)17-7-9-18(10-8-17)30(26,27)24-12-4-3-5-13-24/h6-11,14-15H,3-5,12-13H2,1-2H3/b11-6+. The van der Waals surface area contributed by atoms with Crippen molar-refractivity contribution in [1.82, 2.24) is 4.31 Å². The number of hydrogen-bond donors (Lipinski definition) is 0. The van der Waals surface area contributed by atoms with E-state index in [1.54, 1.807) is 18.2 Å². The van der Waals surface area contributed by atoms with Crippen LogP contribution in [0.3, 0.4) is 0 Å². The number of nitrogens with zero attached hydrogens (tertiary/aromatic N) is 1. The highest BCUT2D eigenvalue weighted by atomic mass is 35.5. The Labute approximate surface area is 182 Å². The molecule has 2 aromatic rings. The summed E-state index contributed by atoms with van der Waals surface area (Å²) in [5.41, 5.74) is 1.07. The van der Waals surface area contributed by atoms with Crippen molar-refractivity contribution >= 4 is 33.5 Å². The van der Waals surface area contributed by atoms with Gasteiger partial charge < -0.3 is 9.47 Å². The number of carbonyl (C=O) groups excluding carboxylic acids is 1. The van der Waals surface area contributed by atoms with Crippen LogP contribution in [-0.4, -0.2) is 45.8 Å². The van der Waals surface area contributed by atoms with Crippen molar-refractivity contribution in [2.45, 2.75) is 24.2 Å². The molecule has 0 spiro atoms. The van der Waals surface area contributed by atoms with Crippen molar-refractivity contribution < 1.29 is 22.7 Å². The molecule has 8 heteroatoms. The normalized spacial score (nSPS) is 15.3. The molecule has 6 nitrogen and oxygen atoms in total. The molecule has 1 fully saturated rings. The zero-order valence-corrected chi connectivity index (χ0v) is 18.5. The fourth-order valence-corrected chi connectivity index (χ4v) is 5.16. The average Bonchev–Trinajstić information content (AvgIpc) is 2.77. The molecule has 0 radical (unpaired) electrons. The highest BCUT2D eigenvalue weighted by Crippen LogP contribution is 2.36. The summed E-state index contributed by atoms with van der Waals surface area (Å²) in [6, 6.07) is 9.41. The van der Waals surface area contributed by atoms with Gasteiger partial charge in [0.15, 0.2) is 17.3 Å². The van der Waals surface area contributed by atoms with E-state index in [0.717, 1.165) is 19.3 Å². The summed E-state index contributed by atoms with van der Waals surface area (Å²) < 4.78 is 37.4. The number of rotatable bonds is 7. The molecule has 0 aromatic heterocycles. The zero-order valence-electron chi connectivity index (χ0n) is 16.9. The number of carbonyl (C=O) groups is 1. The molecule has 0 unspecified atom stereocenters. The van der Waals surface area contributed by atoms with Crippen LogP contribution in [0.1, 0.15) is 35.2 Å². The maximum Gasteiger partial charge on any atom is 0.243 e. The Morgan fingerprint density at radius 3 is 2.30 bits per heavy atom. The smallest absolute Gasteiger partial charge is 0.243 e. The zero-order chi connectivity index (χ0) is 21.7. The van der Waals surface area contributed by atoms with E-state index in [1.807, 2.05) is 0 Å². The van der Waals surface area contributed by atoms with E-state index in [0.29, 0.717) is 40.7 Å². The fraction of sp³-hybridized carbons (Fsp3) is 0.318. The van der Waals surface area contributed by atoms with Crippen molar-refractivity contribution in [2.24, 2.45) is 0 Å². The van der Waals surface area contributed by atoms with E-state index < -0.39 is 10.0 Å². The highest BCUT2D eigenvalue weighted by molar-refractivity contribution is 7.89. The number of allylic oxidation sites excluding steroid dienone is 1. The van der Waals surface area contributed by atoms with Crippen LogP contribution in [0, 0.1) is 0 Å². The lowest BCUT2D eigenvalue weighted by atomic mass is 10.1. The number of methoxy groups -OCH3 is 2. The largest absolute Gasteiger partial charge is 0.493 e. The van der Waals surface area contributed by atoms with Crippen molar-refractivity contribution in [2.75, 3.05) is 27.3 Å². The molecule has 0 saturated carbocycles. The SMILES string of the molecule is COc1cc(/C=C/C(=O)c2ccc(S(=O)(=O)N3CCCCC3)cc2)cc(Cl)c1OC. The number of benzene rings is 2. The lowest BCUT2D eigenvalue weighted by Gasteiger charge is -2.25. The lowest BCUT2D eigenvalue weighted by Crippen LogP contribution is -2.35. The minimum atomic E-state index is -3.52. The lowest BCUT2D eigenvalue weighted by molar-refractivity contribution is 0.104. The summed E-state index contributed by atoms with van der Waals surface area (Å²) in [6.45, 7) is 1.08. The van der Waals surface area contributed by atoms with Crippen LogP contribution in [0.15, 0.2) is 47.4 Å². The summed E-state index contributed by atoms with van der Waals surface area (Å²) in [5, 5.41) is 0.372. The minimum absolute atomic E-state index is 0.205. The van der Waals surface area contributed by atoms with Gasteiger partial charge in [0.2, 0.25) is 10.0 Å². The average molecular weight is 450 g/mol. The molecule has 2 aromatic carbocycles. The Balaban J connectivity index is 1.76. The highest BCUT2D eigenvalue weighted by Gasteiger charge is 2.25. The van der Waals surface area contributed by atoms with Gasteiger partial charge in [0.05, 0.1) is 24.1 Å². The molecular weight excluding hydrogens is 426 g/mol. The molecule has 30 heavy (non-hydrogen) atoms. The predicted molar refractivity (Wildman–Crippen MR) is 117 cm³/mol. The number of halogens is 1. The van der Waals surface area contributed by atoms with E-state index >= 15 is 0 Å². The third-order valence-corrected chi connectivity index (χ3v) is 7.17. The molecule has 1 aliphatic heterocycles. The topological polar surface area (TPSA) is 72.9 Å². The van der Waals surface area contributed by atoms with E-state index in [4.69, 9.17) is 21.1 Å². The van der Waals surface area contributed by atoms with Gasteiger partial charge in [-0.05, 0) is 60.9 Å². The molecule has 0 atom stereocenters. The van der Waals surface area contributed by atoms with Gasteiger partial charge in [0.25, 0.3) is 0 Å². The van der Waals surface area contributed by atoms with Crippen molar-refractivity contribution in [1.29, 1.82) is 0 Å². The van der Waals surface area contributed by atoms with Gasteiger partial charge in [0, 0.05) is 18.7 Å². The van der Waals surface area contributed by atoms with Crippen LogP contribution in [0.2, 0.25) is 5.02 Å². The molecule has 1 heterocycles. The maximum absolute atomic E-state index is 12.7. The van der Waals surface area contributed by atoms with Crippen LogP contribution in [0.5, 0.6) is 11.5 Å². The molecule has 160 valence electrons. The fourth-order valence-electron chi connectivity index (χ4n) is 3.35. The van der Waals surface area contributed by atoms with Gasteiger partial charge in [0.1, 0.15) is 0 Å². The summed E-state index contributed by atoms with van der Waals surface area (Å²) in [6.07, 6.45) is 5.83. The van der Waals surface area contributed by atoms with Gasteiger partial charge in [-0.25, -0.2) is 8.42 Å². The third-order valence-electron chi connectivity index (χ3n) is 4.97. The van der Waals surface area contributed by atoms with Crippen LogP contribution in [-0.2, 0) is 10.0 Å². The van der Waals surface area contributed by atoms with Crippen LogP contribution in [0.4, 0.5) is 0 Å². The van der Waals surface area contributed by atoms with E-state index in [-0.39, 0.29) is 10.7 Å². The third kappa shape index (κ3) is 4.86. The summed E-state index contributed by atoms with van der Waals surface area (Å²) in [7, 11) is -0.511. The number of ketones is 1. The summed E-state index contributed by atoms with van der Waals surface area (Å²) in [4.78, 5) is 12.7. The number of piperidine rings is 1. The second-order valence-corrected chi connectivity index (χ2v) is 9.27. The van der Waals surface area contributed by atoms with Crippen molar-refractivity contribution in [3.63, 3.8) is 0 Å². The van der Waals surface area contributed by atoms with Gasteiger partial charge in [-0.3, -0.25) is 4.79 Å². The second kappa shape index (κ2) is 9.64. The Morgan fingerprint density at radius 1 is 1.03 bits per heavy atom. The minimum Gasteiger partial charge on any atom is -0.493 e. The Morgan fingerprint density at radius 2 is 1.70 bits per heavy atom. The van der Waals surface area contributed by atoms with Crippen LogP contribution in [0.25, 0.3) is 6.08 Å². The van der Waals surface area contributed by atoms with Crippen LogP contribution >= 0.6 is 11.6 Å². The molecule has 0 bridgehead atoms. The van der Waals surface area contributed by atoms with Gasteiger partial charge >= 0.3 is 0 Å². The maximum atomic E-state index is 12.7. The number of hydrogen-bond acceptors (Lipinski definition) is 5. The molecule has 1 aliphatic rings. The second-order valence-electron chi connectivity index (χ2n) is 6.92. The number of sulfonamides is 1. The molecule has 0 amide bonds. The Kier molecular flexibility index (Phi) is 7.18. The number of ether oxygens (including phenoxy) is 2. The van der Waals surface area contributed by atoms with E-state index in [9.17, 15) is 13.2 Å². The quantitative estimate of drug-likeness (QED) is 0.462. The summed E-state index contributed by atoms with van der Waals surface area (Å²) >= 11 is 6.19. The van der Waals surface area contributed by atoms with Crippen molar-refractivity contribution in [3.05, 3.63) is 58.6 Å². The van der Waals surface area contributed by atoms with Gasteiger partial charge in [-0.2, -0.15) is 4.31 Å². The first kappa shape index (κ1) is 22.3. The van der Waals surface area contributed by atoms with Gasteiger partial charge in [-0.15, -0.1) is 0 Å². The Bertz CT molecular complexity index is 1040. The van der Waals surface area contributed by atoms with Gasteiger partial charge in [-0.1, -0.05) is 24.1 Å². The molecule has 0 N–H and O–H groups in total. The first-order valence-electron chi connectivity index (χ1n) is 9.61. The Hall–Kier alpha value is -2.35. The van der Waals surface area contributed by atoms with E-state index in [2.05, 4.69) is 0 Å². The molecule has 3 rings (SSSR count). The molecule has 0 aliphatic carbocycles. The first-order valence-corrected chi connectivity index (χ1v) is 11.4. The first-order chi connectivity index (χ1) is 14.4. The summed E-state index contributed by atoms with van der Waals surface area (Å²) in [5.74, 6) is 0.639. The predicted octanol–water partition coefficient (Wildman–Crippen LogP) is 4.43. The van der Waals surface area contributed by atoms with Crippen molar-refractivity contribution in [3.8, 4) is 11.5 Å². The molecular formula is C22H24ClNO5S.